The number of rotatable bonds is 5. The summed E-state index contributed by atoms with van der Waals surface area (Å²) in [4.78, 5) is 12.2. The number of carbonyl (C=O) groups excluding carboxylic acids is 1. The molecule has 0 bridgehead atoms. The molecule has 0 radical (unpaired) electrons. The van der Waals surface area contributed by atoms with E-state index >= 15 is 0 Å². The number of esters is 1. The molecule has 1 aromatic carbocycles. The highest BCUT2D eigenvalue weighted by molar-refractivity contribution is 5.70. The lowest BCUT2D eigenvalue weighted by Gasteiger charge is -2.32. The molecular formula is C21H28O4. The van der Waals surface area contributed by atoms with E-state index in [9.17, 15) is 9.90 Å². The van der Waals surface area contributed by atoms with Crippen molar-refractivity contribution < 1.29 is 19.4 Å². The van der Waals surface area contributed by atoms with Gasteiger partial charge in [0.25, 0.3) is 0 Å². The van der Waals surface area contributed by atoms with Crippen molar-refractivity contribution in [2.24, 2.45) is 0 Å². The number of hydrogen-bond acceptors (Lipinski definition) is 4. The van der Waals surface area contributed by atoms with Crippen molar-refractivity contribution in [1.82, 2.24) is 0 Å². The number of benzene rings is 1. The molecule has 1 aliphatic carbocycles. The van der Waals surface area contributed by atoms with E-state index < -0.39 is 6.10 Å². The van der Waals surface area contributed by atoms with Crippen molar-refractivity contribution in [3.63, 3.8) is 0 Å². The molecule has 3 atom stereocenters. The first-order valence-electron chi connectivity index (χ1n) is 9.45. The highest BCUT2D eigenvalue weighted by atomic mass is 16.5. The molecule has 25 heavy (non-hydrogen) atoms. The fraction of sp³-hybridized carbons (Fsp3) is 0.571. The molecule has 2 fully saturated rings. The van der Waals surface area contributed by atoms with Crippen molar-refractivity contribution in [3.05, 3.63) is 42.0 Å². The molecule has 1 N–H and O–H groups in total. The Kier molecular flexibility index (Phi) is 6.65. The van der Waals surface area contributed by atoms with Gasteiger partial charge in [0, 0.05) is 12.8 Å². The fourth-order valence-electron chi connectivity index (χ4n) is 3.67. The summed E-state index contributed by atoms with van der Waals surface area (Å²) in [7, 11) is 0. The number of ether oxygens (including phenoxy) is 2. The van der Waals surface area contributed by atoms with Crippen LogP contribution in [0.5, 0.6) is 0 Å². The average molecular weight is 344 g/mol. The van der Waals surface area contributed by atoms with Crippen LogP contribution in [0.4, 0.5) is 0 Å². The van der Waals surface area contributed by atoms with E-state index in [1.807, 2.05) is 42.5 Å². The molecule has 0 unspecified atom stereocenters. The second kappa shape index (κ2) is 9.16. The van der Waals surface area contributed by atoms with Gasteiger partial charge in [-0.15, -0.1) is 0 Å². The largest absolute Gasteiger partial charge is 0.462 e. The van der Waals surface area contributed by atoms with Gasteiger partial charge in [0.15, 0.2) is 0 Å². The van der Waals surface area contributed by atoms with E-state index in [4.69, 9.17) is 9.47 Å². The van der Waals surface area contributed by atoms with Gasteiger partial charge in [-0.05, 0) is 31.2 Å². The predicted molar refractivity (Wildman–Crippen MR) is 97.0 cm³/mol. The van der Waals surface area contributed by atoms with Crippen LogP contribution in [-0.2, 0) is 14.3 Å². The summed E-state index contributed by atoms with van der Waals surface area (Å²) < 4.78 is 11.6. The van der Waals surface area contributed by atoms with Crippen molar-refractivity contribution in [1.29, 1.82) is 0 Å². The molecule has 1 saturated carbocycles. The minimum absolute atomic E-state index is 0.0727. The topological polar surface area (TPSA) is 55.8 Å². The molecule has 3 rings (SSSR count). The van der Waals surface area contributed by atoms with Gasteiger partial charge in [0.1, 0.15) is 6.10 Å². The highest BCUT2D eigenvalue weighted by Gasteiger charge is 2.29. The van der Waals surface area contributed by atoms with Gasteiger partial charge in [-0.25, -0.2) is 0 Å². The summed E-state index contributed by atoms with van der Waals surface area (Å²) in [6, 6.07) is 10.00. The zero-order valence-electron chi connectivity index (χ0n) is 14.7. The van der Waals surface area contributed by atoms with E-state index in [1.54, 1.807) is 0 Å². The zero-order valence-corrected chi connectivity index (χ0v) is 14.7. The summed E-state index contributed by atoms with van der Waals surface area (Å²) in [5.41, 5.74) is 1.10. The zero-order chi connectivity index (χ0) is 17.5. The van der Waals surface area contributed by atoms with Crippen molar-refractivity contribution in [2.45, 2.75) is 75.8 Å². The molecule has 0 aromatic heterocycles. The minimum Gasteiger partial charge on any atom is -0.462 e. The highest BCUT2D eigenvalue weighted by Crippen LogP contribution is 2.25. The molecule has 136 valence electrons. The van der Waals surface area contributed by atoms with Gasteiger partial charge < -0.3 is 14.6 Å². The van der Waals surface area contributed by atoms with Crippen LogP contribution in [0.2, 0.25) is 0 Å². The van der Waals surface area contributed by atoms with Crippen LogP contribution < -0.4 is 0 Å². The normalized spacial score (nSPS) is 28.1. The lowest BCUT2D eigenvalue weighted by molar-refractivity contribution is -0.157. The van der Waals surface area contributed by atoms with Crippen LogP contribution in [0.15, 0.2) is 36.4 Å². The SMILES string of the molecule is O=C(C[C@@H]1C[C@H](O)C[C@H](/C=C/c2ccccc2)O1)OC1CCCCC1. The number of aliphatic hydroxyl groups is 1. The monoisotopic (exact) mass is 344 g/mol. The second-order valence-corrected chi connectivity index (χ2v) is 7.15. The second-order valence-electron chi connectivity index (χ2n) is 7.15. The van der Waals surface area contributed by atoms with Crippen molar-refractivity contribution in [2.75, 3.05) is 0 Å². The van der Waals surface area contributed by atoms with E-state index in [0.717, 1.165) is 31.2 Å². The average Bonchev–Trinajstić information content (AvgIpc) is 2.61. The van der Waals surface area contributed by atoms with E-state index in [-0.39, 0.29) is 30.7 Å². The first-order valence-corrected chi connectivity index (χ1v) is 9.45. The van der Waals surface area contributed by atoms with Crippen LogP contribution in [0, 0.1) is 0 Å². The molecule has 4 heteroatoms. The fourth-order valence-corrected chi connectivity index (χ4v) is 3.67. The third kappa shape index (κ3) is 5.98. The van der Waals surface area contributed by atoms with Crippen LogP contribution in [0.25, 0.3) is 6.08 Å². The smallest absolute Gasteiger partial charge is 0.308 e. The molecule has 0 amide bonds. The summed E-state index contributed by atoms with van der Waals surface area (Å²) in [5, 5.41) is 10.1. The van der Waals surface area contributed by atoms with Gasteiger partial charge in [0.05, 0.1) is 24.7 Å². The molecule has 1 saturated heterocycles. The number of aliphatic hydroxyl groups excluding tert-OH is 1. The Morgan fingerprint density at radius 2 is 1.92 bits per heavy atom. The van der Waals surface area contributed by atoms with Gasteiger partial charge >= 0.3 is 5.97 Å². The Labute approximate surface area is 149 Å². The molecule has 1 aromatic rings. The van der Waals surface area contributed by atoms with Crippen molar-refractivity contribution >= 4 is 12.0 Å². The van der Waals surface area contributed by atoms with Gasteiger partial charge in [0.2, 0.25) is 0 Å². The standard InChI is InChI=1S/C21H28O4/c22-17-13-19(12-11-16-7-3-1-4-8-16)24-20(14-17)15-21(23)25-18-9-5-2-6-10-18/h1,3-4,7-8,11-12,17-20,22H,2,5-6,9-10,13-15H2/b12-11+/t17-,19+,20+/m1/s1. The van der Waals surface area contributed by atoms with Gasteiger partial charge in [-0.1, -0.05) is 48.9 Å². The maximum atomic E-state index is 12.2. The Morgan fingerprint density at radius 3 is 2.68 bits per heavy atom. The van der Waals surface area contributed by atoms with E-state index in [0.29, 0.717) is 12.8 Å². The van der Waals surface area contributed by atoms with Crippen molar-refractivity contribution in [3.8, 4) is 0 Å². The van der Waals surface area contributed by atoms with Crippen LogP contribution >= 0.6 is 0 Å². The first-order chi connectivity index (χ1) is 12.2. The first kappa shape index (κ1) is 18.2. The number of carbonyl (C=O) groups is 1. The van der Waals surface area contributed by atoms with Crippen LogP contribution in [-0.4, -0.2) is 35.5 Å². The number of hydrogen-bond donors (Lipinski definition) is 1. The quantitative estimate of drug-likeness (QED) is 0.824. The molecule has 1 heterocycles. The molecular weight excluding hydrogens is 316 g/mol. The third-order valence-electron chi connectivity index (χ3n) is 4.95. The third-order valence-corrected chi connectivity index (χ3v) is 4.95. The van der Waals surface area contributed by atoms with Gasteiger partial charge in [-0.2, -0.15) is 0 Å². The van der Waals surface area contributed by atoms with Crippen LogP contribution in [0.3, 0.4) is 0 Å². The summed E-state index contributed by atoms with van der Waals surface area (Å²) in [6.45, 7) is 0. The Balaban J connectivity index is 1.49. The lowest BCUT2D eigenvalue weighted by Crippen LogP contribution is -2.36. The summed E-state index contributed by atoms with van der Waals surface area (Å²) in [5.74, 6) is -0.197. The molecule has 1 aliphatic heterocycles. The Morgan fingerprint density at radius 1 is 1.16 bits per heavy atom. The van der Waals surface area contributed by atoms with E-state index in [2.05, 4.69) is 0 Å². The minimum atomic E-state index is -0.438. The summed E-state index contributed by atoms with van der Waals surface area (Å²) in [6.07, 6.45) is 9.92. The van der Waals surface area contributed by atoms with Gasteiger partial charge in [-0.3, -0.25) is 4.79 Å². The molecule has 0 spiro atoms. The molecule has 2 aliphatic rings. The maximum Gasteiger partial charge on any atom is 0.308 e. The lowest BCUT2D eigenvalue weighted by atomic mass is 9.97. The molecule has 4 nitrogen and oxygen atoms in total. The predicted octanol–water partition coefficient (Wildman–Crippen LogP) is 3.87. The van der Waals surface area contributed by atoms with Crippen LogP contribution in [0.1, 0.15) is 56.9 Å². The Bertz CT molecular complexity index is 563. The van der Waals surface area contributed by atoms with E-state index in [1.165, 1.54) is 6.42 Å². The summed E-state index contributed by atoms with van der Waals surface area (Å²) >= 11 is 0. The Hall–Kier alpha value is -1.65. The maximum absolute atomic E-state index is 12.2.